The summed E-state index contributed by atoms with van der Waals surface area (Å²) in [5.74, 6) is 0. The molecule has 0 spiro atoms. The van der Waals surface area contributed by atoms with Crippen LogP contribution in [0, 0.1) is 34.6 Å². The van der Waals surface area contributed by atoms with Gasteiger partial charge in [0.2, 0.25) is 0 Å². The molecule has 0 saturated heterocycles. The predicted molar refractivity (Wildman–Crippen MR) is 69.5 cm³/mol. The third-order valence-electron chi connectivity index (χ3n) is 3.83. The van der Waals surface area contributed by atoms with Gasteiger partial charge in [-0.2, -0.15) is 0 Å². The number of benzene rings is 1. The van der Waals surface area contributed by atoms with E-state index in [0.29, 0.717) is 0 Å². The fourth-order valence-electron chi connectivity index (χ4n) is 2.24. The van der Waals surface area contributed by atoms with Crippen LogP contribution in [0.5, 0.6) is 0 Å². The van der Waals surface area contributed by atoms with Gasteiger partial charge in [0.05, 0.1) is 0 Å². The average Bonchev–Trinajstić information content (AvgIpc) is 2.23. The predicted octanol–water partition coefficient (Wildman–Crippen LogP) is 4.65. The van der Waals surface area contributed by atoms with Gasteiger partial charge in [-0.1, -0.05) is 6.08 Å². The monoisotopic (exact) mass is 202 g/mol. The minimum Gasteiger partial charge on any atom is -0.0841 e. The van der Waals surface area contributed by atoms with Gasteiger partial charge in [0, 0.05) is 0 Å². The van der Waals surface area contributed by atoms with Gasteiger partial charge in [0.1, 0.15) is 0 Å². The second kappa shape index (κ2) is 4.22. The lowest BCUT2D eigenvalue weighted by Gasteiger charge is -2.19. The Morgan fingerprint density at radius 1 is 0.733 bits per heavy atom. The van der Waals surface area contributed by atoms with Crippen LogP contribution in [0.4, 0.5) is 0 Å². The van der Waals surface area contributed by atoms with Gasteiger partial charge in [-0.05, 0) is 87.4 Å². The highest BCUT2D eigenvalue weighted by Crippen LogP contribution is 2.30. The largest absolute Gasteiger partial charge is 0.0841 e. The highest BCUT2D eigenvalue weighted by Gasteiger charge is 2.12. The van der Waals surface area contributed by atoms with Crippen molar-refractivity contribution in [1.82, 2.24) is 0 Å². The summed E-state index contributed by atoms with van der Waals surface area (Å²) in [5.41, 5.74) is 10.0. The van der Waals surface area contributed by atoms with Crippen LogP contribution in [0.25, 0.3) is 5.57 Å². The van der Waals surface area contributed by atoms with Crippen LogP contribution >= 0.6 is 0 Å². The molecule has 0 nitrogen and oxygen atoms in total. The molecule has 0 amide bonds. The maximum absolute atomic E-state index is 2.23. The second-order valence-electron chi connectivity index (χ2n) is 4.47. The maximum atomic E-state index is 2.23. The molecule has 0 fully saturated rings. The molecule has 0 N–H and O–H groups in total. The van der Waals surface area contributed by atoms with Gasteiger partial charge < -0.3 is 0 Å². The molecule has 0 aromatic heterocycles. The Bertz CT molecular complexity index is 391. The lowest BCUT2D eigenvalue weighted by molar-refractivity contribution is 1.15. The smallest absolute Gasteiger partial charge is 0.0167 e. The van der Waals surface area contributed by atoms with Crippen molar-refractivity contribution in [1.29, 1.82) is 0 Å². The minimum atomic E-state index is 1.39. The van der Waals surface area contributed by atoms with E-state index >= 15 is 0 Å². The molecular weight excluding hydrogens is 180 g/mol. The SMILES string of the molecule is C/C=C(/C)c1c(C)c(C)c(C)c(C)c1C. The van der Waals surface area contributed by atoms with E-state index < -0.39 is 0 Å². The van der Waals surface area contributed by atoms with E-state index in [0.717, 1.165) is 0 Å². The molecule has 0 bridgehead atoms. The van der Waals surface area contributed by atoms with E-state index in [9.17, 15) is 0 Å². The van der Waals surface area contributed by atoms with Crippen molar-refractivity contribution in [3.05, 3.63) is 39.5 Å². The lowest BCUT2D eigenvalue weighted by atomic mass is 9.86. The van der Waals surface area contributed by atoms with Crippen molar-refractivity contribution < 1.29 is 0 Å². The summed E-state index contributed by atoms with van der Waals surface area (Å²) < 4.78 is 0. The van der Waals surface area contributed by atoms with Crippen molar-refractivity contribution >= 4 is 5.57 Å². The van der Waals surface area contributed by atoms with Gasteiger partial charge in [0.25, 0.3) is 0 Å². The molecule has 0 unspecified atom stereocenters. The first-order valence-electron chi connectivity index (χ1n) is 5.62. The molecular formula is C15H22. The van der Waals surface area contributed by atoms with Crippen LogP contribution < -0.4 is 0 Å². The van der Waals surface area contributed by atoms with Crippen molar-refractivity contribution in [3.8, 4) is 0 Å². The minimum absolute atomic E-state index is 1.39. The molecule has 1 rings (SSSR count). The zero-order chi connectivity index (χ0) is 11.7. The Kier molecular flexibility index (Phi) is 3.38. The van der Waals surface area contributed by atoms with Crippen LogP contribution in [0.1, 0.15) is 47.2 Å². The number of allylic oxidation sites excluding steroid dienone is 2. The first kappa shape index (κ1) is 12.0. The molecule has 0 aliphatic heterocycles. The third-order valence-corrected chi connectivity index (χ3v) is 3.83. The Hall–Kier alpha value is -1.04. The van der Waals surface area contributed by atoms with Crippen LogP contribution in [-0.2, 0) is 0 Å². The average molecular weight is 202 g/mol. The summed E-state index contributed by atoms with van der Waals surface area (Å²) >= 11 is 0. The van der Waals surface area contributed by atoms with Crippen LogP contribution in [0.2, 0.25) is 0 Å². The third kappa shape index (κ3) is 1.86. The quantitative estimate of drug-likeness (QED) is 0.621. The summed E-state index contributed by atoms with van der Waals surface area (Å²) in [6.07, 6.45) is 2.20. The van der Waals surface area contributed by atoms with E-state index in [4.69, 9.17) is 0 Å². The molecule has 0 radical (unpaired) electrons. The molecule has 1 aromatic carbocycles. The van der Waals surface area contributed by atoms with E-state index in [1.807, 2.05) is 0 Å². The van der Waals surface area contributed by atoms with Gasteiger partial charge in [-0.3, -0.25) is 0 Å². The van der Waals surface area contributed by atoms with E-state index in [1.165, 1.54) is 39.0 Å². The van der Waals surface area contributed by atoms with E-state index in [1.54, 1.807) is 0 Å². The van der Waals surface area contributed by atoms with E-state index in [-0.39, 0.29) is 0 Å². The molecule has 15 heavy (non-hydrogen) atoms. The molecule has 82 valence electrons. The zero-order valence-corrected chi connectivity index (χ0v) is 11.1. The number of hydrogen-bond acceptors (Lipinski definition) is 0. The number of hydrogen-bond donors (Lipinski definition) is 0. The molecule has 0 saturated carbocycles. The van der Waals surface area contributed by atoms with Crippen molar-refractivity contribution in [2.24, 2.45) is 0 Å². The fourth-order valence-corrected chi connectivity index (χ4v) is 2.24. The van der Waals surface area contributed by atoms with Gasteiger partial charge in [-0.25, -0.2) is 0 Å². The normalized spacial score (nSPS) is 12.1. The molecule has 0 heteroatoms. The first-order valence-corrected chi connectivity index (χ1v) is 5.62. The topological polar surface area (TPSA) is 0 Å². The molecule has 0 aliphatic rings. The van der Waals surface area contributed by atoms with Gasteiger partial charge >= 0.3 is 0 Å². The summed E-state index contributed by atoms with van der Waals surface area (Å²) in [6.45, 7) is 15.4. The lowest BCUT2D eigenvalue weighted by Crippen LogP contribution is -2.01. The Morgan fingerprint density at radius 3 is 1.40 bits per heavy atom. The zero-order valence-electron chi connectivity index (χ0n) is 11.1. The highest BCUT2D eigenvalue weighted by molar-refractivity contribution is 5.72. The van der Waals surface area contributed by atoms with E-state index in [2.05, 4.69) is 54.5 Å². The molecule has 1 aromatic rings. The molecule has 0 heterocycles. The summed E-state index contributed by atoms with van der Waals surface area (Å²) in [5, 5.41) is 0. The van der Waals surface area contributed by atoms with Crippen molar-refractivity contribution in [2.45, 2.75) is 48.5 Å². The van der Waals surface area contributed by atoms with Crippen LogP contribution in [0.3, 0.4) is 0 Å². The Morgan fingerprint density at radius 2 is 1.07 bits per heavy atom. The second-order valence-corrected chi connectivity index (χ2v) is 4.47. The molecule has 0 atom stereocenters. The summed E-state index contributed by atoms with van der Waals surface area (Å²) in [7, 11) is 0. The maximum Gasteiger partial charge on any atom is -0.0167 e. The van der Waals surface area contributed by atoms with Crippen molar-refractivity contribution in [3.63, 3.8) is 0 Å². The highest BCUT2D eigenvalue weighted by atomic mass is 14.2. The molecule has 0 aliphatic carbocycles. The Balaban J connectivity index is 3.67. The fraction of sp³-hybridized carbons (Fsp3) is 0.467. The van der Waals surface area contributed by atoms with Gasteiger partial charge in [0.15, 0.2) is 0 Å². The van der Waals surface area contributed by atoms with Crippen LogP contribution in [0.15, 0.2) is 6.08 Å². The standard InChI is InChI=1S/C15H22/c1-8-9(2)15-13(6)11(4)10(3)12(5)14(15)7/h8H,1-7H3/b9-8-. The summed E-state index contributed by atoms with van der Waals surface area (Å²) in [6, 6.07) is 0. The number of rotatable bonds is 1. The van der Waals surface area contributed by atoms with Crippen molar-refractivity contribution in [2.75, 3.05) is 0 Å². The van der Waals surface area contributed by atoms with Crippen LogP contribution in [-0.4, -0.2) is 0 Å². The van der Waals surface area contributed by atoms with Gasteiger partial charge in [-0.15, -0.1) is 0 Å². The summed E-state index contributed by atoms with van der Waals surface area (Å²) in [4.78, 5) is 0. The Labute approximate surface area is 94.0 Å². The first-order chi connectivity index (χ1) is 6.91.